The molecule has 0 unspecified atom stereocenters. The SMILES string of the molecule is CCOC(=O)[C@@H]1C[C@H]2CC(=CCc3nn[nH]n3)CC[C@H]2CN1C(=O)OC(C)(C)C. The molecule has 1 saturated heterocycles. The largest absolute Gasteiger partial charge is 0.464 e. The molecule has 1 aromatic rings. The minimum atomic E-state index is -0.606. The quantitative estimate of drug-likeness (QED) is 0.605. The monoisotopic (exact) mass is 405 g/mol. The standard InChI is InChI=1S/C20H31N5O4/c1-5-28-18(26)16-11-15-10-13(7-9-17-21-23-24-22-17)6-8-14(15)12-25(16)19(27)29-20(2,3)4/h7,14-16H,5-6,8-12H2,1-4H3,(H,21,22,23,24)/t14-,15+,16-/m0/s1. The van der Waals surface area contributed by atoms with Crippen molar-refractivity contribution >= 4 is 12.1 Å². The van der Waals surface area contributed by atoms with Crippen LogP contribution in [-0.2, 0) is 20.7 Å². The van der Waals surface area contributed by atoms with Crippen LogP contribution in [0.2, 0.25) is 0 Å². The number of nitrogens with zero attached hydrogens (tertiary/aromatic N) is 4. The van der Waals surface area contributed by atoms with Crippen LogP contribution in [0.5, 0.6) is 0 Å². The van der Waals surface area contributed by atoms with Crippen molar-refractivity contribution in [2.75, 3.05) is 13.2 Å². The number of likely N-dealkylation sites (tertiary alicyclic amines) is 1. The molecule has 1 aliphatic carbocycles. The summed E-state index contributed by atoms with van der Waals surface area (Å²) in [5.74, 6) is 1.02. The third kappa shape index (κ3) is 5.55. The van der Waals surface area contributed by atoms with Crippen LogP contribution < -0.4 is 0 Å². The predicted octanol–water partition coefficient (Wildman–Crippen LogP) is 2.66. The highest BCUT2D eigenvalue weighted by molar-refractivity contribution is 5.82. The van der Waals surface area contributed by atoms with E-state index in [1.165, 1.54) is 5.57 Å². The van der Waals surface area contributed by atoms with E-state index in [-0.39, 0.29) is 5.97 Å². The van der Waals surface area contributed by atoms with Gasteiger partial charge < -0.3 is 9.47 Å². The van der Waals surface area contributed by atoms with E-state index in [1.807, 2.05) is 20.8 Å². The zero-order chi connectivity index (χ0) is 21.0. The molecule has 1 aliphatic heterocycles. The van der Waals surface area contributed by atoms with Gasteiger partial charge in [0.05, 0.1) is 6.61 Å². The summed E-state index contributed by atoms with van der Waals surface area (Å²) >= 11 is 0. The lowest BCUT2D eigenvalue weighted by Crippen LogP contribution is -2.55. The molecule has 1 saturated carbocycles. The molecule has 160 valence electrons. The van der Waals surface area contributed by atoms with Crippen LogP contribution in [0.4, 0.5) is 4.79 Å². The molecule has 0 radical (unpaired) electrons. The van der Waals surface area contributed by atoms with E-state index < -0.39 is 17.7 Å². The topological polar surface area (TPSA) is 110 Å². The fourth-order valence-electron chi connectivity index (χ4n) is 4.20. The lowest BCUT2D eigenvalue weighted by molar-refractivity contribution is -0.152. The van der Waals surface area contributed by atoms with Crippen molar-refractivity contribution in [3.8, 4) is 0 Å². The Morgan fingerprint density at radius 2 is 2.10 bits per heavy atom. The fourth-order valence-corrected chi connectivity index (χ4v) is 4.20. The average Bonchev–Trinajstić information content (AvgIpc) is 3.17. The maximum atomic E-state index is 12.8. The number of allylic oxidation sites excluding steroid dienone is 2. The van der Waals surface area contributed by atoms with Gasteiger partial charge in [0, 0.05) is 13.0 Å². The van der Waals surface area contributed by atoms with Gasteiger partial charge in [0.15, 0.2) is 5.82 Å². The summed E-state index contributed by atoms with van der Waals surface area (Å²) in [5, 5.41) is 14.0. The lowest BCUT2D eigenvalue weighted by atomic mass is 9.71. The highest BCUT2D eigenvalue weighted by Crippen LogP contribution is 2.41. The molecule has 0 spiro atoms. The first kappa shape index (κ1) is 21.3. The molecule has 0 bridgehead atoms. The van der Waals surface area contributed by atoms with Crippen molar-refractivity contribution in [2.24, 2.45) is 11.8 Å². The highest BCUT2D eigenvalue weighted by atomic mass is 16.6. The number of esters is 1. The Kier molecular flexibility index (Phi) is 6.54. The molecule has 2 heterocycles. The van der Waals surface area contributed by atoms with Gasteiger partial charge in [-0.2, -0.15) is 5.21 Å². The van der Waals surface area contributed by atoms with Crippen molar-refractivity contribution in [3.63, 3.8) is 0 Å². The number of amides is 1. The zero-order valence-corrected chi connectivity index (χ0v) is 17.7. The number of rotatable bonds is 4. The summed E-state index contributed by atoms with van der Waals surface area (Å²) in [4.78, 5) is 27.0. The van der Waals surface area contributed by atoms with Crippen LogP contribution >= 0.6 is 0 Å². The Morgan fingerprint density at radius 1 is 1.31 bits per heavy atom. The Morgan fingerprint density at radius 3 is 2.76 bits per heavy atom. The number of hydrogen-bond donors (Lipinski definition) is 1. The smallest absolute Gasteiger partial charge is 0.411 e. The van der Waals surface area contributed by atoms with E-state index in [9.17, 15) is 9.59 Å². The van der Waals surface area contributed by atoms with Crippen LogP contribution in [0.25, 0.3) is 0 Å². The summed E-state index contributed by atoms with van der Waals surface area (Å²) in [6.07, 6.45) is 5.86. The lowest BCUT2D eigenvalue weighted by Gasteiger charge is -2.45. The molecule has 9 heteroatoms. The van der Waals surface area contributed by atoms with E-state index >= 15 is 0 Å². The molecule has 29 heavy (non-hydrogen) atoms. The molecular formula is C20H31N5O4. The Hall–Kier alpha value is -2.45. The van der Waals surface area contributed by atoms with E-state index in [0.717, 1.165) is 19.3 Å². The highest BCUT2D eigenvalue weighted by Gasteiger charge is 2.44. The third-order valence-electron chi connectivity index (χ3n) is 5.51. The molecular weight excluding hydrogens is 374 g/mol. The number of ether oxygens (including phenoxy) is 2. The van der Waals surface area contributed by atoms with Crippen molar-refractivity contribution in [3.05, 3.63) is 17.5 Å². The van der Waals surface area contributed by atoms with E-state index in [0.29, 0.717) is 43.7 Å². The van der Waals surface area contributed by atoms with Gasteiger partial charge in [0.2, 0.25) is 0 Å². The number of piperidine rings is 1. The molecule has 2 fully saturated rings. The number of tetrazole rings is 1. The minimum absolute atomic E-state index is 0.293. The Labute approximate surface area is 171 Å². The van der Waals surface area contributed by atoms with E-state index in [1.54, 1.807) is 11.8 Å². The number of hydrogen-bond acceptors (Lipinski definition) is 7. The second-order valence-electron chi connectivity index (χ2n) is 8.79. The molecule has 2 aliphatic rings. The van der Waals surface area contributed by atoms with Gasteiger partial charge in [0.25, 0.3) is 0 Å². The van der Waals surface area contributed by atoms with Crippen molar-refractivity contribution in [2.45, 2.75) is 71.4 Å². The summed E-state index contributed by atoms with van der Waals surface area (Å²) in [6.45, 7) is 8.10. The molecule has 3 atom stereocenters. The molecule has 1 N–H and O–H groups in total. The second-order valence-corrected chi connectivity index (χ2v) is 8.79. The number of aromatic nitrogens is 4. The van der Waals surface area contributed by atoms with Gasteiger partial charge in [-0.15, -0.1) is 10.2 Å². The first-order chi connectivity index (χ1) is 13.8. The summed E-state index contributed by atoms with van der Waals surface area (Å²) in [5.41, 5.74) is 0.745. The van der Waals surface area contributed by atoms with Crippen LogP contribution in [0, 0.1) is 11.8 Å². The normalized spacial score (nSPS) is 26.1. The molecule has 0 aromatic carbocycles. The predicted molar refractivity (Wildman–Crippen MR) is 105 cm³/mol. The van der Waals surface area contributed by atoms with Crippen molar-refractivity contribution in [1.82, 2.24) is 25.5 Å². The number of fused-ring (bicyclic) bond motifs is 1. The maximum Gasteiger partial charge on any atom is 0.411 e. The minimum Gasteiger partial charge on any atom is -0.464 e. The van der Waals surface area contributed by atoms with Gasteiger partial charge in [-0.25, -0.2) is 9.59 Å². The summed E-state index contributed by atoms with van der Waals surface area (Å²) in [7, 11) is 0. The maximum absolute atomic E-state index is 12.8. The van der Waals surface area contributed by atoms with Gasteiger partial charge in [0.1, 0.15) is 11.6 Å². The summed E-state index contributed by atoms with van der Waals surface area (Å²) < 4.78 is 10.8. The summed E-state index contributed by atoms with van der Waals surface area (Å²) in [6, 6.07) is -0.595. The molecule has 1 amide bonds. The molecule has 9 nitrogen and oxygen atoms in total. The van der Waals surface area contributed by atoms with Gasteiger partial charge in [-0.3, -0.25) is 4.90 Å². The first-order valence-corrected chi connectivity index (χ1v) is 10.3. The van der Waals surface area contributed by atoms with Crippen LogP contribution in [0.1, 0.15) is 59.2 Å². The Balaban J connectivity index is 1.70. The third-order valence-corrected chi connectivity index (χ3v) is 5.51. The fraction of sp³-hybridized carbons (Fsp3) is 0.750. The zero-order valence-electron chi connectivity index (χ0n) is 17.7. The molecule has 1 aromatic heterocycles. The number of aromatic amines is 1. The van der Waals surface area contributed by atoms with E-state index in [2.05, 4.69) is 26.7 Å². The number of carbonyl (C=O) groups excluding carboxylic acids is 2. The van der Waals surface area contributed by atoms with Crippen molar-refractivity contribution < 1.29 is 19.1 Å². The molecule has 3 rings (SSSR count). The Bertz CT molecular complexity index is 741. The number of H-pyrrole nitrogens is 1. The van der Waals surface area contributed by atoms with Crippen LogP contribution in [-0.4, -0.2) is 62.4 Å². The number of nitrogens with one attached hydrogen (secondary N) is 1. The van der Waals surface area contributed by atoms with Gasteiger partial charge in [-0.1, -0.05) is 16.9 Å². The van der Waals surface area contributed by atoms with Gasteiger partial charge >= 0.3 is 12.1 Å². The van der Waals surface area contributed by atoms with Gasteiger partial charge in [-0.05, 0) is 65.2 Å². The second kappa shape index (κ2) is 8.92. The first-order valence-electron chi connectivity index (χ1n) is 10.3. The van der Waals surface area contributed by atoms with E-state index in [4.69, 9.17) is 9.47 Å². The average molecular weight is 405 g/mol. The van der Waals surface area contributed by atoms with Crippen molar-refractivity contribution in [1.29, 1.82) is 0 Å². The van der Waals surface area contributed by atoms with Crippen LogP contribution in [0.3, 0.4) is 0 Å². The van der Waals surface area contributed by atoms with Crippen LogP contribution in [0.15, 0.2) is 11.6 Å². The number of carbonyl (C=O) groups is 2.